The Kier molecular flexibility index (Phi) is 2.31. The molecule has 0 bridgehead atoms. The van der Waals surface area contributed by atoms with E-state index in [0.29, 0.717) is 12.5 Å². The molecular formula is C13H15NO2. The second-order valence-corrected chi connectivity index (χ2v) is 4.63. The zero-order valence-electron chi connectivity index (χ0n) is 9.11. The maximum absolute atomic E-state index is 11.8. The molecule has 84 valence electrons. The Hall–Kier alpha value is -1.51. The van der Waals surface area contributed by atoms with Gasteiger partial charge in [0, 0.05) is 12.1 Å². The Bertz CT molecular complexity index is 387. The van der Waals surface area contributed by atoms with Gasteiger partial charge in [-0.1, -0.05) is 18.2 Å². The minimum Gasteiger partial charge on any atom is -0.464 e. The molecule has 1 aromatic rings. The number of benzene rings is 1. The van der Waals surface area contributed by atoms with E-state index >= 15 is 0 Å². The first kappa shape index (κ1) is 9.70. The van der Waals surface area contributed by atoms with Crippen molar-refractivity contribution in [3.8, 4) is 0 Å². The predicted molar refractivity (Wildman–Crippen MR) is 61.2 cm³/mol. The van der Waals surface area contributed by atoms with Gasteiger partial charge in [-0.2, -0.15) is 0 Å². The van der Waals surface area contributed by atoms with Gasteiger partial charge in [-0.05, 0) is 30.4 Å². The fourth-order valence-electron chi connectivity index (χ4n) is 2.03. The van der Waals surface area contributed by atoms with Crippen molar-refractivity contribution in [2.45, 2.75) is 25.3 Å². The Morgan fingerprint density at radius 3 is 2.94 bits per heavy atom. The van der Waals surface area contributed by atoms with Crippen LogP contribution in [-0.2, 0) is 16.0 Å². The lowest BCUT2D eigenvalue weighted by Crippen LogP contribution is -2.29. The molecular weight excluding hydrogens is 202 g/mol. The zero-order chi connectivity index (χ0) is 11.0. The molecule has 16 heavy (non-hydrogen) atoms. The highest BCUT2D eigenvalue weighted by molar-refractivity contribution is 5.82. The van der Waals surface area contributed by atoms with E-state index in [0.717, 1.165) is 12.1 Å². The van der Waals surface area contributed by atoms with Crippen LogP contribution in [0.4, 0.5) is 5.69 Å². The van der Waals surface area contributed by atoms with Crippen molar-refractivity contribution in [1.29, 1.82) is 0 Å². The monoisotopic (exact) mass is 217 g/mol. The van der Waals surface area contributed by atoms with Crippen LogP contribution in [0.3, 0.4) is 0 Å². The van der Waals surface area contributed by atoms with E-state index in [1.165, 1.54) is 18.4 Å². The van der Waals surface area contributed by atoms with Crippen LogP contribution in [0.25, 0.3) is 0 Å². The molecule has 1 saturated carbocycles. The van der Waals surface area contributed by atoms with E-state index in [-0.39, 0.29) is 12.0 Å². The van der Waals surface area contributed by atoms with Crippen LogP contribution in [0.2, 0.25) is 0 Å². The molecule has 0 radical (unpaired) electrons. The molecule has 1 heterocycles. The SMILES string of the molecule is O=C(OCC1CC1)[C@@H]1Cc2ccccc2N1. The number of ether oxygens (including phenoxy) is 1. The second-order valence-electron chi connectivity index (χ2n) is 4.63. The van der Waals surface area contributed by atoms with E-state index in [9.17, 15) is 4.79 Å². The van der Waals surface area contributed by atoms with Gasteiger partial charge in [0.05, 0.1) is 6.61 Å². The molecule has 3 rings (SSSR count). The maximum atomic E-state index is 11.8. The van der Waals surface area contributed by atoms with Gasteiger partial charge in [0.1, 0.15) is 6.04 Å². The van der Waals surface area contributed by atoms with Crippen LogP contribution < -0.4 is 5.32 Å². The molecule has 0 unspecified atom stereocenters. The van der Waals surface area contributed by atoms with E-state index in [2.05, 4.69) is 11.4 Å². The highest BCUT2D eigenvalue weighted by Crippen LogP contribution is 2.30. The standard InChI is InChI=1S/C13H15NO2/c15-13(16-8-9-5-6-9)12-7-10-3-1-2-4-11(10)14-12/h1-4,9,12,14H,5-8H2/t12-/m0/s1. The third kappa shape index (κ3) is 1.90. The van der Waals surface area contributed by atoms with Crippen LogP contribution in [0, 0.1) is 5.92 Å². The predicted octanol–water partition coefficient (Wildman–Crippen LogP) is 1.98. The summed E-state index contributed by atoms with van der Waals surface area (Å²) >= 11 is 0. The molecule has 1 aliphatic carbocycles. The fraction of sp³-hybridized carbons (Fsp3) is 0.462. The average molecular weight is 217 g/mol. The van der Waals surface area contributed by atoms with Crippen molar-refractivity contribution in [3.05, 3.63) is 29.8 Å². The zero-order valence-corrected chi connectivity index (χ0v) is 9.11. The van der Waals surface area contributed by atoms with E-state index in [4.69, 9.17) is 4.74 Å². The summed E-state index contributed by atoms with van der Waals surface area (Å²) in [4.78, 5) is 11.8. The number of anilines is 1. The maximum Gasteiger partial charge on any atom is 0.328 e. The Labute approximate surface area is 94.8 Å². The van der Waals surface area contributed by atoms with Gasteiger partial charge in [0.15, 0.2) is 0 Å². The van der Waals surface area contributed by atoms with Gasteiger partial charge >= 0.3 is 5.97 Å². The first-order valence-corrected chi connectivity index (χ1v) is 5.84. The number of nitrogens with one attached hydrogen (secondary N) is 1. The Balaban J connectivity index is 1.59. The summed E-state index contributed by atoms with van der Waals surface area (Å²) in [6.45, 7) is 0.605. The molecule has 3 heteroatoms. The normalized spacial score (nSPS) is 22.4. The number of hydrogen-bond acceptors (Lipinski definition) is 3. The van der Waals surface area contributed by atoms with Crippen LogP contribution in [0.1, 0.15) is 18.4 Å². The highest BCUT2D eigenvalue weighted by Gasteiger charge is 2.29. The Morgan fingerprint density at radius 2 is 2.19 bits per heavy atom. The summed E-state index contributed by atoms with van der Waals surface area (Å²) in [5, 5.41) is 3.20. The number of hydrogen-bond donors (Lipinski definition) is 1. The summed E-state index contributed by atoms with van der Waals surface area (Å²) in [6.07, 6.45) is 3.18. The van der Waals surface area contributed by atoms with Crippen LogP contribution in [0.5, 0.6) is 0 Å². The molecule has 1 N–H and O–H groups in total. The second kappa shape index (κ2) is 3.81. The molecule has 1 fully saturated rings. The van der Waals surface area contributed by atoms with Gasteiger partial charge in [0.25, 0.3) is 0 Å². The molecule has 0 saturated heterocycles. The lowest BCUT2D eigenvalue weighted by Gasteiger charge is -2.10. The molecule has 0 amide bonds. The van der Waals surface area contributed by atoms with Crippen LogP contribution in [-0.4, -0.2) is 18.6 Å². The van der Waals surface area contributed by atoms with E-state index < -0.39 is 0 Å². The number of esters is 1. The van der Waals surface area contributed by atoms with Crippen molar-refractivity contribution in [2.24, 2.45) is 5.92 Å². The van der Waals surface area contributed by atoms with Gasteiger partial charge in [-0.25, -0.2) is 4.79 Å². The van der Waals surface area contributed by atoms with Crippen LogP contribution in [0.15, 0.2) is 24.3 Å². The molecule has 1 atom stereocenters. The number of para-hydroxylation sites is 1. The number of carbonyl (C=O) groups excluding carboxylic acids is 1. The van der Waals surface area contributed by atoms with Gasteiger partial charge in [0.2, 0.25) is 0 Å². The molecule has 1 aromatic carbocycles. The highest BCUT2D eigenvalue weighted by atomic mass is 16.5. The molecule has 2 aliphatic rings. The quantitative estimate of drug-likeness (QED) is 0.787. The largest absolute Gasteiger partial charge is 0.464 e. The summed E-state index contributed by atoms with van der Waals surface area (Å²) < 4.78 is 5.28. The average Bonchev–Trinajstić information content (AvgIpc) is 3.02. The topological polar surface area (TPSA) is 38.3 Å². The van der Waals surface area contributed by atoms with Gasteiger partial charge in [-0.3, -0.25) is 0 Å². The van der Waals surface area contributed by atoms with Crippen molar-refractivity contribution in [1.82, 2.24) is 0 Å². The molecule has 3 nitrogen and oxygen atoms in total. The third-order valence-corrected chi connectivity index (χ3v) is 3.21. The summed E-state index contributed by atoms with van der Waals surface area (Å²) in [7, 11) is 0. The van der Waals surface area contributed by atoms with Crippen molar-refractivity contribution in [2.75, 3.05) is 11.9 Å². The summed E-state index contributed by atoms with van der Waals surface area (Å²) in [5.74, 6) is 0.524. The van der Waals surface area contributed by atoms with Crippen molar-refractivity contribution >= 4 is 11.7 Å². The Morgan fingerprint density at radius 1 is 1.38 bits per heavy atom. The van der Waals surface area contributed by atoms with Gasteiger partial charge < -0.3 is 10.1 Å². The number of rotatable bonds is 3. The van der Waals surface area contributed by atoms with Gasteiger partial charge in [-0.15, -0.1) is 0 Å². The first-order valence-electron chi connectivity index (χ1n) is 5.84. The summed E-state index contributed by atoms with van der Waals surface area (Å²) in [6, 6.07) is 7.85. The summed E-state index contributed by atoms with van der Waals surface area (Å²) in [5.41, 5.74) is 2.27. The van der Waals surface area contributed by atoms with Crippen molar-refractivity contribution in [3.63, 3.8) is 0 Å². The lowest BCUT2D eigenvalue weighted by atomic mass is 10.1. The van der Waals surface area contributed by atoms with E-state index in [1.54, 1.807) is 0 Å². The van der Waals surface area contributed by atoms with Crippen molar-refractivity contribution < 1.29 is 9.53 Å². The first-order chi connectivity index (χ1) is 7.83. The molecule has 0 aromatic heterocycles. The molecule has 0 spiro atoms. The number of carbonyl (C=O) groups is 1. The van der Waals surface area contributed by atoms with Crippen LogP contribution >= 0.6 is 0 Å². The minimum atomic E-state index is -0.184. The fourth-order valence-corrected chi connectivity index (χ4v) is 2.03. The third-order valence-electron chi connectivity index (χ3n) is 3.21. The molecule has 1 aliphatic heterocycles. The smallest absolute Gasteiger partial charge is 0.328 e. The van der Waals surface area contributed by atoms with E-state index in [1.807, 2.05) is 18.2 Å². The lowest BCUT2D eigenvalue weighted by molar-refractivity contribution is -0.144. The minimum absolute atomic E-state index is 0.108. The number of fused-ring (bicyclic) bond motifs is 1.